The van der Waals surface area contributed by atoms with Crippen LogP contribution in [-0.4, -0.2) is 42.8 Å². The monoisotopic (exact) mass is 308 g/mol. The number of carbonyl (C=O) groups is 3. The van der Waals surface area contributed by atoms with E-state index < -0.39 is 11.9 Å². The molecule has 1 heterocycles. The lowest BCUT2D eigenvalue weighted by Gasteiger charge is -2.07. The zero-order valence-corrected chi connectivity index (χ0v) is 11.8. The Morgan fingerprint density at radius 1 is 1.14 bits per heavy atom. The van der Waals surface area contributed by atoms with Gasteiger partial charge < -0.3 is 25.2 Å². The van der Waals surface area contributed by atoms with Crippen molar-refractivity contribution in [3.05, 3.63) is 23.8 Å². The summed E-state index contributed by atoms with van der Waals surface area (Å²) in [6.45, 7) is 0.199. The van der Waals surface area contributed by atoms with Crippen LogP contribution in [0.2, 0.25) is 0 Å². The molecule has 0 unspecified atom stereocenters. The summed E-state index contributed by atoms with van der Waals surface area (Å²) in [5.41, 5.74) is 0.364. The van der Waals surface area contributed by atoms with E-state index in [-0.39, 0.29) is 32.2 Å². The third-order valence-electron chi connectivity index (χ3n) is 2.93. The highest BCUT2D eigenvalue weighted by molar-refractivity contribution is 5.97. The van der Waals surface area contributed by atoms with Gasteiger partial charge in [0.05, 0.1) is 6.54 Å². The molecule has 0 bridgehead atoms. The number of hydrogen-bond acceptors (Lipinski definition) is 5. The summed E-state index contributed by atoms with van der Waals surface area (Å²) in [6.07, 6.45) is 0.334. The normalized spacial score (nSPS) is 11.8. The molecule has 2 amide bonds. The largest absolute Gasteiger partial charge is 0.481 e. The molecule has 0 radical (unpaired) electrons. The standard InChI is InChI=1S/C14H16N2O6/c17-12(15-5-1-2-13(18)19)7-16-14(20)9-3-4-10-11(6-9)22-8-21-10/h3-4,6H,1-2,5,7-8H2,(H,15,17)(H,16,20)(H,18,19). The third kappa shape index (κ3) is 4.37. The fourth-order valence-electron chi connectivity index (χ4n) is 1.83. The van der Waals surface area contributed by atoms with Gasteiger partial charge in [-0.3, -0.25) is 14.4 Å². The van der Waals surface area contributed by atoms with Gasteiger partial charge in [0, 0.05) is 18.5 Å². The van der Waals surface area contributed by atoms with Crippen LogP contribution in [0.15, 0.2) is 18.2 Å². The third-order valence-corrected chi connectivity index (χ3v) is 2.93. The minimum atomic E-state index is -0.912. The smallest absolute Gasteiger partial charge is 0.303 e. The van der Waals surface area contributed by atoms with Crippen molar-refractivity contribution in [2.45, 2.75) is 12.8 Å². The topological polar surface area (TPSA) is 114 Å². The van der Waals surface area contributed by atoms with Crippen LogP contribution in [0.5, 0.6) is 11.5 Å². The van der Waals surface area contributed by atoms with E-state index >= 15 is 0 Å². The predicted molar refractivity (Wildman–Crippen MR) is 74.8 cm³/mol. The molecule has 0 atom stereocenters. The van der Waals surface area contributed by atoms with Crippen molar-refractivity contribution >= 4 is 17.8 Å². The second-order valence-corrected chi connectivity index (χ2v) is 4.60. The van der Waals surface area contributed by atoms with Gasteiger partial charge in [0.1, 0.15) is 0 Å². The Morgan fingerprint density at radius 2 is 1.91 bits per heavy atom. The number of carbonyl (C=O) groups excluding carboxylic acids is 2. The zero-order chi connectivity index (χ0) is 15.9. The van der Waals surface area contributed by atoms with Crippen LogP contribution in [0.4, 0.5) is 0 Å². The molecule has 118 valence electrons. The number of rotatable bonds is 7. The van der Waals surface area contributed by atoms with Crippen molar-refractivity contribution in [3.8, 4) is 11.5 Å². The number of carboxylic acid groups (broad SMARTS) is 1. The average molecular weight is 308 g/mol. The number of fused-ring (bicyclic) bond motifs is 1. The van der Waals surface area contributed by atoms with E-state index in [0.29, 0.717) is 23.5 Å². The molecule has 1 aromatic carbocycles. The molecular formula is C14H16N2O6. The van der Waals surface area contributed by atoms with Crippen molar-refractivity contribution in [1.82, 2.24) is 10.6 Å². The van der Waals surface area contributed by atoms with Crippen LogP contribution in [-0.2, 0) is 9.59 Å². The summed E-state index contributed by atoms with van der Waals surface area (Å²) in [6, 6.07) is 4.75. The highest BCUT2D eigenvalue weighted by Crippen LogP contribution is 2.32. The van der Waals surface area contributed by atoms with Gasteiger partial charge in [-0.05, 0) is 24.6 Å². The fourth-order valence-corrected chi connectivity index (χ4v) is 1.83. The summed E-state index contributed by atoms with van der Waals surface area (Å²) < 4.78 is 10.3. The number of amides is 2. The lowest BCUT2D eigenvalue weighted by Crippen LogP contribution is -2.37. The highest BCUT2D eigenvalue weighted by Gasteiger charge is 2.16. The minimum absolute atomic E-state index is 0.0101. The van der Waals surface area contributed by atoms with Crippen molar-refractivity contribution in [3.63, 3.8) is 0 Å². The Hall–Kier alpha value is -2.77. The highest BCUT2D eigenvalue weighted by atomic mass is 16.7. The maximum atomic E-state index is 11.9. The first-order chi connectivity index (χ1) is 10.6. The number of ether oxygens (including phenoxy) is 2. The molecule has 0 fully saturated rings. The summed E-state index contributed by atoms with van der Waals surface area (Å²) >= 11 is 0. The van der Waals surface area contributed by atoms with Gasteiger partial charge in [0.25, 0.3) is 5.91 Å². The first-order valence-corrected chi connectivity index (χ1v) is 6.72. The van der Waals surface area contributed by atoms with Gasteiger partial charge >= 0.3 is 5.97 Å². The number of benzene rings is 1. The van der Waals surface area contributed by atoms with Crippen LogP contribution in [0.1, 0.15) is 23.2 Å². The van der Waals surface area contributed by atoms with Gasteiger partial charge in [0.2, 0.25) is 12.7 Å². The Kier molecular flexibility index (Phi) is 5.18. The molecule has 1 aliphatic heterocycles. The molecule has 0 aliphatic carbocycles. The first kappa shape index (κ1) is 15.6. The lowest BCUT2D eigenvalue weighted by atomic mass is 10.2. The minimum Gasteiger partial charge on any atom is -0.481 e. The van der Waals surface area contributed by atoms with Crippen molar-refractivity contribution in [2.24, 2.45) is 0 Å². The Labute approximate surface area is 126 Å². The molecule has 1 aromatic rings. The number of carboxylic acids is 1. The summed E-state index contributed by atoms with van der Waals surface area (Å²) in [4.78, 5) is 33.7. The van der Waals surface area contributed by atoms with Gasteiger partial charge in [-0.25, -0.2) is 0 Å². The summed E-state index contributed by atoms with van der Waals surface area (Å²) in [5, 5.41) is 13.5. The predicted octanol–water partition coefficient (Wildman–Crippen LogP) is 0.126. The quantitative estimate of drug-likeness (QED) is 0.617. The van der Waals surface area contributed by atoms with E-state index in [0.717, 1.165) is 0 Å². The van der Waals surface area contributed by atoms with Crippen LogP contribution in [0.3, 0.4) is 0 Å². The lowest BCUT2D eigenvalue weighted by molar-refractivity contribution is -0.137. The molecule has 8 nitrogen and oxygen atoms in total. The molecule has 3 N–H and O–H groups in total. The Bertz CT molecular complexity index is 587. The fraction of sp³-hybridized carbons (Fsp3) is 0.357. The van der Waals surface area contributed by atoms with E-state index in [1.807, 2.05) is 0 Å². The molecule has 1 aliphatic rings. The van der Waals surface area contributed by atoms with Gasteiger partial charge in [-0.2, -0.15) is 0 Å². The molecule has 0 aromatic heterocycles. The van der Waals surface area contributed by atoms with Gasteiger partial charge in [-0.15, -0.1) is 0 Å². The van der Waals surface area contributed by atoms with Crippen LogP contribution < -0.4 is 20.1 Å². The molecule has 22 heavy (non-hydrogen) atoms. The van der Waals surface area contributed by atoms with E-state index in [2.05, 4.69) is 10.6 Å². The molecule has 8 heteroatoms. The van der Waals surface area contributed by atoms with Crippen molar-refractivity contribution in [1.29, 1.82) is 0 Å². The molecular weight excluding hydrogens is 292 g/mol. The van der Waals surface area contributed by atoms with Crippen molar-refractivity contribution in [2.75, 3.05) is 19.9 Å². The Morgan fingerprint density at radius 3 is 2.68 bits per heavy atom. The van der Waals surface area contributed by atoms with Gasteiger partial charge in [-0.1, -0.05) is 0 Å². The average Bonchev–Trinajstić information content (AvgIpc) is 2.96. The van der Waals surface area contributed by atoms with E-state index in [1.54, 1.807) is 18.2 Å². The second-order valence-electron chi connectivity index (χ2n) is 4.60. The molecule has 0 saturated carbocycles. The number of aliphatic carboxylic acids is 1. The van der Waals surface area contributed by atoms with Gasteiger partial charge in [0.15, 0.2) is 11.5 Å². The van der Waals surface area contributed by atoms with Crippen molar-refractivity contribution < 1.29 is 29.0 Å². The van der Waals surface area contributed by atoms with E-state index in [9.17, 15) is 14.4 Å². The SMILES string of the molecule is O=C(O)CCCNC(=O)CNC(=O)c1ccc2c(c1)OCO2. The number of hydrogen-bond donors (Lipinski definition) is 3. The Balaban J connectivity index is 1.73. The van der Waals surface area contributed by atoms with Crippen LogP contribution >= 0.6 is 0 Å². The number of nitrogens with one attached hydrogen (secondary N) is 2. The van der Waals surface area contributed by atoms with Crippen LogP contribution in [0.25, 0.3) is 0 Å². The molecule has 2 rings (SSSR count). The molecule has 0 saturated heterocycles. The summed E-state index contributed by atoms with van der Waals surface area (Å²) in [7, 11) is 0. The maximum absolute atomic E-state index is 11.9. The van der Waals surface area contributed by atoms with E-state index in [1.165, 1.54) is 0 Å². The summed E-state index contributed by atoms with van der Waals surface area (Å²) in [5.74, 6) is -0.623. The zero-order valence-electron chi connectivity index (χ0n) is 11.8. The second kappa shape index (κ2) is 7.30. The van der Waals surface area contributed by atoms with E-state index in [4.69, 9.17) is 14.6 Å². The van der Waals surface area contributed by atoms with Crippen LogP contribution in [0, 0.1) is 0 Å². The molecule has 0 spiro atoms. The first-order valence-electron chi connectivity index (χ1n) is 6.72. The maximum Gasteiger partial charge on any atom is 0.303 e.